The molecule has 29 heavy (non-hydrogen) atoms. The summed E-state index contributed by atoms with van der Waals surface area (Å²) in [5.74, 6) is 0.559. The average molecular weight is 416 g/mol. The lowest BCUT2D eigenvalue weighted by Crippen LogP contribution is -2.48. The summed E-state index contributed by atoms with van der Waals surface area (Å²) >= 11 is 6.46. The smallest absolute Gasteiger partial charge is 0.262 e. The van der Waals surface area contributed by atoms with Gasteiger partial charge in [-0.2, -0.15) is 0 Å². The zero-order valence-electron chi connectivity index (χ0n) is 16.8. The third-order valence-electron chi connectivity index (χ3n) is 4.87. The van der Waals surface area contributed by atoms with Gasteiger partial charge >= 0.3 is 0 Å². The molecule has 0 atom stereocenters. The first-order chi connectivity index (χ1) is 14.0. The molecule has 0 spiro atoms. The molecule has 1 aliphatic rings. The Labute approximate surface area is 176 Å². The predicted octanol–water partition coefficient (Wildman–Crippen LogP) is 3.72. The molecule has 1 aliphatic heterocycles. The number of hydrogen-bond donors (Lipinski definition) is 1. The third-order valence-corrected chi connectivity index (χ3v) is 5.18. The Bertz CT molecular complexity index is 879. The lowest BCUT2D eigenvalue weighted by Gasteiger charge is -2.37. The Kier molecular flexibility index (Phi) is 6.99. The maximum atomic E-state index is 12.4. The molecule has 0 saturated carbocycles. The van der Waals surface area contributed by atoms with Crippen molar-refractivity contribution in [2.24, 2.45) is 0 Å². The van der Waals surface area contributed by atoms with Gasteiger partial charge < -0.3 is 19.9 Å². The minimum atomic E-state index is -0.255. The number of anilines is 2. The van der Waals surface area contributed by atoms with E-state index in [-0.39, 0.29) is 18.4 Å². The summed E-state index contributed by atoms with van der Waals surface area (Å²) in [6.45, 7) is 6.36. The molecule has 0 radical (unpaired) electrons. The molecule has 1 heterocycles. The van der Waals surface area contributed by atoms with Gasteiger partial charge in [0.1, 0.15) is 5.75 Å². The van der Waals surface area contributed by atoms with E-state index in [1.807, 2.05) is 49.1 Å². The molecule has 0 unspecified atom stereocenters. The first kappa shape index (κ1) is 21.0. The van der Waals surface area contributed by atoms with Crippen LogP contribution >= 0.6 is 11.6 Å². The fourth-order valence-electron chi connectivity index (χ4n) is 3.38. The van der Waals surface area contributed by atoms with E-state index in [1.165, 1.54) is 0 Å². The number of hydrogen-bond acceptors (Lipinski definition) is 4. The standard InChI is InChI=1S/C22H26ClN3O3/c1-3-21(28)25-10-12-26(13-11-25)22-18(23)8-5-9-19(22)24-20(27)15-29-17-7-4-6-16(2)14-17/h4-9,14H,3,10-13,15H2,1-2H3,(H,24,27). The molecule has 2 aromatic carbocycles. The molecule has 1 saturated heterocycles. The third kappa shape index (κ3) is 5.41. The second kappa shape index (κ2) is 9.65. The highest BCUT2D eigenvalue weighted by molar-refractivity contribution is 6.34. The van der Waals surface area contributed by atoms with Crippen LogP contribution in [0.1, 0.15) is 18.9 Å². The minimum Gasteiger partial charge on any atom is -0.484 e. The fourth-order valence-corrected chi connectivity index (χ4v) is 3.68. The van der Waals surface area contributed by atoms with Crippen molar-refractivity contribution in [1.29, 1.82) is 0 Å². The van der Waals surface area contributed by atoms with E-state index in [2.05, 4.69) is 10.2 Å². The molecule has 7 heteroatoms. The lowest BCUT2D eigenvalue weighted by atomic mass is 10.2. The van der Waals surface area contributed by atoms with E-state index in [4.69, 9.17) is 16.3 Å². The van der Waals surface area contributed by atoms with Gasteiger partial charge in [-0.15, -0.1) is 0 Å². The number of benzene rings is 2. The van der Waals surface area contributed by atoms with Gasteiger partial charge in [-0.3, -0.25) is 9.59 Å². The van der Waals surface area contributed by atoms with Gasteiger partial charge in [0.05, 0.1) is 16.4 Å². The number of aryl methyl sites for hydroxylation is 1. The topological polar surface area (TPSA) is 61.9 Å². The Morgan fingerprint density at radius 3 is 2.52 bits per heavy atom. The number of para-hydroxylation sites is 1. The molecule has 6 nitrogen and oxygen atoms in total. The van der Waals surface area contributed by atoms with Gasteiger partial charge in [-0.25, -0.2) is 0 Å². The van der Waals surface area contributed by atoms with Crippen molar-refractivity contribution in [2.75, 3.05) is 43.0 Å². The number of halogens is 1. The van der Waals surface area contributed by atoms with Gasteiger partial charge in [0.15, 0.2) is 6.61 Å². The monoisotopic (exact) mass is 415 g/mol. The zero-order valence-corrected chi connectivity index (χ0v) is 17.5. The van der Waals surface area contributed by atoms with E-state index >= 15 is 0 Å². The van der Waals surface area contributed by atoms with Gasteiger partial charge in [0.25, 0.3) is 5.91 Å². The first-order valence-corrected chi connectivity index (χ1v) is 10.2. The summed E-state index contributed by atoms with van der Waals surface area (Å²) in [7, 11) is 0. The molecule has 154 valence electrons. The number of carbonyl (C=O) groups excluding carboxylic acids is 2. The van der Waals surface area contributed by atoms with Crippen LogP contribution in [0.5, 0.6) is 5.75 Å². The molecule has 2 amide bonds. The van der Waals surface area contributed by atoms with Crippen LogP contribution in [-0.4, -0.2) is 49.5 Å². The van der Waals surface area contributed by atoms with Crippen LogP contribution in [0.3, 0.4) is 0 Å². The second-order valence-corrected chi connectivity index (χ2v) is 7.42. The average Bonchev–Trinajstić information content (AvgIpc) is 2.72. The maximum Gasteiger partial charge on any atom is 0.262 e. The van der Waals surface area contributed by atoms with Crippen molar-refractivity contribution in [2.45, 2.75) is 20.3 Å². The Hall–Kier alpha value is -2.73. The number of ether oxygens (including phenoxy) is 1. The molecule has 0 aromatic heterocycles. The van der Waals surface area contributed by atoms with Crippen molar-refractivity contribution in [3.8, 4) is 5.75 Å². The van der Waals surface area contributed by atoms with Crippen molar-refractivity contribution in [3.63, 3.8) is 0 Å². The number of nitrogens with zero attached hydrogens (tertiary/aromatic N) is 2. The SMILES string of the molecule is CCC(=O)N1CCN(c2c(Cl)cccc2NC(=O)COc2cccc(C)c2)CC1. The fraction of sp³-hybridized carbons (Fsp3) is 0.364. The van der Waals surface area contributed by atoms with E-state index in [1.54, 1.807) is 12.1 Å². The molecular formula is C22H26ClN3O3. The largest absolute Gasteiger partial charge is 0.484 e. The summed E-state index contributed by atoms with van der Waals surface area (Å²) in [5.41, 5.74) is 2.49. The zero-order chi connectivity index (χ0) is 20.8. The second-order valence-electron chi connectivity index (χ2n) is 7.01. The van der Waals surface area contributed by atoms with Gasteiger partial charge in [-0.05, 0) is 36.8 Å². The summed E-state index contributed by atoms with van der Waals surface area (Å²) in [5, 5.41) is 3.48. The lowest BCUT2D eigenvalue weighted by molar-refractivity contribution is -0.131. The van der Waals surface area contributed by atoms with Crippen LogP contribution in [0.25, 0.3) is 0 Å². The summed E-state index contributed by atoms with van der Waals surface area (Å²) in [6, 6.07) is 13.0. The molecule has 2 aromatic rings. The normalized spacial score (nSPS) is 13.9. The number of nitrogens with one attached hydrogen (secondary N) is 1. The molecule has 3 rings (SSSR count). The summed E-state index contributed by atoms with van der Waals surface area (Å²) < 4.78 is 5.59. The maximum absolute atomic E-state index is 12.4. The molecule has 1 N–H and O–H groups in total. The van der Waals surface area contributed by atoms with Crippen LogP contribution in [0.15, 0.2) is 42.5 Å². The number of carbonyl (C=O) groups is 2. The van der Waals surface area contributed by atoms with E-state index in [0.717, 1.165) is 11.3 Å². The van der Waals surface area contributed by atoms with Gasteiger partial charge in [0.2, 0.25) is 5.91 Å². The van der Waals surface area contributed by atoms with Crippen LogP contribution in [0.2, 0.25) is 5.02 Å². The highest BCUT2D eigenvalue weighted by atomic mass is 35.5. The van der Waals surface area contributed by atoms with Crippen molar-refractivity contribution >= 4 is 34.8 Å². The van der Waals surface area contributed by atoms with Crippen LogP contribution in [0, 0.1) is 6.92 Å². The van der Waals surface area contributed by atoms with Gasteiger partial charge in [-0.1, -0.05) is 36.7 Å². The molecular weight excluding hydrogens is 390 g/mol. The van der Waals surface area contributed by atoms with Crippen LogP contribution in [0.4, 0.5) is 11.4 Å². The Morgan fingerprint density at radius 2 is 1.83 bits per heavy atom. The van der Waals surface area contributed by atoms with Crippen LogP contribution in [-0.2, 0) is 9.59 Å². The molecule has 0 aliphatic carbocycles. The quantitative estimate of drug-likeness (QED) is 0.781. The van der Waals surface area contributed by atoms with E-state index < -0.39 is 0 Å². The highest BCUT2D eigenvalue weighted by Gasteiger charge is 2.23. The summed E-state index contributed by atoms with van der Waals surface area (Å²) in [6.07, 6.45) is 0.508. The van der Waals surface area contributed by atoms with Gasteiger partial charge in [0, 0.05) is 32.6 Å². The first-order valence-electron chi connectivity index (χ1n) is 9.78. The number of amides is 2. The van der Waals surface area contributed by atoms with Crippen molar-refractivity contribution in [1.82, 2.24) is 4.90 Å². The number of rotatable bonds is 6. The molecule has 1 fully saturated rings. The van der Waals surface area contributed by atoms with E-state index in [9.17, 15) is 9.59 Å². The number of piperazine rings is 1. The predicted molar refractivity (Wildman–Crippen MR) is 116 cm³/mol. The van der Waals surface area contributed by atoms with Crippen molar-refractivity contribution < 1.29 is 14.3 Å². The summed E-state index contributed by atoms with van der Waals surface area (Å²) in [4.78, 5) is 28.3. The highest BCUT2D eigenvalue weighted by Crippen LogP contribution is 2.34. The Balaban J connectivity index is 1.65. The Morgan fingerprint density at radius 1 is 1.10 bits per heavy atom. The van der Waals surface area contributed by atoms with Crippen LogP contribution < -0.4 is 15.0 Å². The minimum absolute atomic E-state index is 0.0891. The van der Waals surface area contributed by atoms with Crippen molar-refractivity contribution in [3.05, 3.63) is 53.1 Å². The molecule has 0 bridgehead atoms. The van der Waals surface area contributed by atoms with E-state index in [0.29, 0.717) is 49.1 Å².